The Morgan fingerprint density at radius 3 is 2.62 bits per heavy atom. The Kier molecular flexibility index (Phi) is 7.42. The van der Waals surface area contributed by atoms with Crippen molar-refractivity contribution in [1.82, 2.24) is 10.2 Å². The van der Waals surface area contributed by atoms with E-state index < -0.39 is 22.6 Å². The molecule has 3 saturated heterocycles. The number of amides is 3. The van der Waals surface area contributed by atoms with Gasteiger partial charge in [0.25, 0.3) is 0 Å². The lowest BCUT2D eigenvalue weighted by molar-refractivity contribution is -0.139. The van der Waals surface area contributed by atoms with Crippen LogP contribution in [0.4, 0.5) is 5.69 Å². The summed E-state index contributed by atoms with van der Waals surface area (Å²) in [6, 6.07) is 6.51. The standard InChI is InChI=1S/C25H35N3O5S/c1-4-6-11-26-23(31)21-25-15(3)14-18(34-25)19(20(25)24(32)28(21)12-13-29)22(30)27-16-7-9-17(10-8-16)33-5-2/h7-10,15,18-21,29H,4-6,11-14H2,1-3H3,(H,26,31)(H,27,30)/t15?,18-,19+,20+,21?,25?/m1/s1. The van der Waals surface area contributed by atoms with Crippen LogP contribution in [0.2, 0.25) is 0 Å². The number of carbonyl (C=O) groups is 3. The molecule has 9 heteroatoms. The number of thioether (sulfide) groups is 1. The maximum atomic E-state index is 13.7. The smallest absolute Gasteiger partial charge is 0.244 e. The van der Waals surface area contributed by atoms with Gasteiger partial charge < -0.3 is 25.4 Å². The molecule has 0 aliphatic carbocycles. The molecule has 3 unspecified atom stereocenters. The summed E-state index contributed by atoms with van der Waals surface area (Å²) in [5.74, 6) is -0.826. The predicted octanol–water partition coefficient (Wildman–Crippen LogP) is 2.27. The van der Waals surface area contributed by atoms with Crippen LogP contribution in [0, 0.1) is 17.8 Å². The largest absolute Gasteiger partial charge is 0.494 e. The average Bonchev–Trinajstić information content (AvgIpc) is 3.40. The van der Waals surface area contributed by atoms with Crippen molar-refractivity contribution >= 4 is 35.2 Å². The zero-order chi connectivity index (χ0) is 24.5. The summed E-state index contributed by atoms with van der Waals surface area (Å²) in [5.41, 5.74) is 0.648. The molecule has 0 radical (unpaired) electrons. The van der Waals surface area contributed by atoms with Gasteiger partial charge in [-0.15, -0.1) is 11.8 Å². The van der Waals surface area contributed by atoms with Gasteiger partial charge in [-0.05, 0) is 49.9 Å². The highest BCUT2D eigenvalue weighted by atomic mass is 32.2. The van der Waals surface area contributed by atoms with Crippen molar-refractivity contribution in [3.63, 3.8) is 0 Å². The topological polar surface area (TPSA) is 108 Å². The molecular formula is C25H35N3O5S. The highest BCUT2D eigenvalue weighted by Crippen LogP contribution is 2.68. The summed E-state index contributed by atoms with van der Waals surface area (Å²) in [5, 5.41) is 15.6. The van der Waals surface area contributed by atoms with Crippen LogP contribution in [-0.4, -0.2) is 70.1 Å². The fraction of sp³-hybridized carbons (Fsp3) is 0.640. The van der Waals surface area contributed by atoms with Crippen LogP contribution in [0.3, 0.4) is 0 Å². The van der Waals surface area contributed by atoms with Crippen LogP contribution < -0.4 is 15.4 Å². The molecule has 4 rings (SSSR count). The van der Waals surface area contributed by atoms with Crippen LogP contribution in [-0.2, 0) is 14.4 Å². The minimum atomic E-state index is -0.678. The highest BCUT2D eigenvalue weighted by Gasteiger charge is 2.75. The van der Waals surface area contributed by atoms with Gasteiger partial charge in [-0.1, -0.05) is 20.3 Å². The van der Waals surface area contributed by atoms with Crippen LogP contribution in [0.1, 0.15) is 40.0 Å². The van der Waals surface area contributed by atoms with E-state index >= 15 is 0 Å². The van der Waals surface area contributed by atoms with Crippen molar-refractivity contribution in [2.75, 3.05) is 31.6 Å². The maximum absolute atomic E-state index is 13.7. The van der Waals surface area contributed by atoms with Gasteiger partial charge in [0.2, 0.25) is 17.7 Å². The highest BCUT2D eigenvalue weighted by molar-refractivity contribution is 8.02. The molecule has 3 aliphatic rings. The number of hydrogen-bond acceptors (Lipinski definition) is 6. The number of aliphatic hydroxyl groups is 1. The van der Waals surface area contributed by atoms with Gasteiger partial charge in [0.1, 0.15) is 11.8 Å². The Morgan fingerprint density at radius 1 is 1.24 bits per heavy atom. The van der Waals surface area contributed by atoms with Gasteiger partial charge >= 0.3 is 0 Å². The number of nitrogens with zero attached hydrogens (tertiary/aromatic N) is 1. The molecule has 1 aromatic rings. The second kappa shape index (κ2) is 10.2. The Bertz CT molecular complexity index is 926. The number of hydrogen-bond donors (Lipinski definition) is 3. The minimum absolute atomic E-state index is 0.0196. The first-order valence-corrected chi connectivity index (χ1v) is 13.2. The molecule has 3 heterocycles. The van der Waals surface area contributed by atoms with Crippen molar-refractivity contribution in [3.8, 4) is 5.75 Å². The van der Waals surface area contributed by atoms with E-state index in [4.69, 9.17) is 4.74 Å². The molecule has 34 heavy (non-hydrogen) atoms. The third-order valence-corrected chi connectivity index (χ3v) is 9.48. The van der Waals surface area contributed by atoms with E-state index in [1.54, 1.807) is 36.0 Å². The van der Waals surface area contributed by atoms with Crippen LogP contribution in [0.5, 0.6) is 5.75 Å². The minimum Gasteiger partial charge on any atom is -0.494 e. The molecule has 3 amide bonds. The van der Waals surface area contributed by atoms with E-state index in [1.165, 1.54) is 4.90 Å². The number of ether oxygens (including phenoxy) is 1. The van der Waals surface area contributed by atoms with Crippen LogP contribution >= 0.6 is 11.8 Å². The second-order valence-corrected chi connectivity index (χ2v) is 10.9. The molecule has 3 N–H and O–H groups in total. The first kappa shape index (κ1) is 24.9. The Hall–Kier alpha value is -2.26. The molecule has 6 atom stereocenters. The molecular weight excluding hydrogens is 454 g/mol. The first-order valence-electron chi connectivity index (χ1n) is 12.3. The lowest BCUT2D eigenvalue weighted by Crippen LogP contribution is -2.56. The quantitative estimate of drug-likeness (QED) is 0.435. The number of benzene rings is 1. The molecule has 1 spiro atoms. The van der Waals surface area contributed by atoms with Crippen molar-refractivity contribution < 1.29 is 24.2 Å². The number of β-amino-alcohol motifs (C(OH)–C–C–N with tert-alkyl or cyclic N) is 1. The molecule has 186 valence electrons. The molecule has 2 bridgehead atoms. The number of carbonyl (C=O) groups excluding carboxylic acids is 3. The Labute approximate surface area is 205 Å². The van der Waals surface area contributed by atoms with Gasteiger partial charge in [-0.2, -0.15) is 0 Å². The summed E-state index contributed by atoms with van der Waals surface area (Å²) in [4.78, 5) is 42.0. The third kappa shape index (κ3) is 4.06. The summed E-state index contributed by atoms with van der Waals surface area (Å²) in [7, 11) is 0. The van der Waals surface area contributed by atoms with E-state index in [-0.39, 0.29) is 42.0 Å². The normalized spacial score (nSPS) is 31.5. The number of aliphatic hydroxyl groups excluding tert-OH is 1. The van der Waals surface area contributed by atoms with Crippen molar-refractivity contribution in [2.24, 2.45) is 17.8 Å². The third-order valence-electron chi connectivity index (χ3n) is 7.40. The lowest BCUT2D eigenvalue weighted by Gasteiger charge is -2.38. The van der Waals surface area contributed by atoms with E-state index in [0.717, 1.165) is 25.0 Å². The van der Waals surface area contributed by atoms with E-state index in [9.17, 15) is 19.5 Å². The number of likely N-dealkylation sites (tertiary alicyclic amines) is 1. The SMILES string of the molecule is CCCCNC(=O)C1N(CCO)C(=O)[C@@H]2[C@@H](C(=O)Nc3ccc(OCC)cc3)[C@H]3CC(C)C12S3. The Morgan fingerprint density at radius 2 is 1.97 bits per heavy atom. The number of anilines is 1. The molecule has 1 aromatic carbocycles. The van der Waals surface area contributed by atoms with Gasteiger partial charge in [-0.3, -0.25) is 14.4 Å². The van der Waals surface area contributed by atoms with Gasteiger partial charge in [-0.25, -0.2) is 0 Å². The number of rotatable bonds is 10. The van der Waals surface area contributed by atoms with Crippen molar-refractivity contribution in [1.29, 1.82) is 0 Å². The maximum Gasteiger partial charge on any atom is 0.244 e. The van der Waals surface area contributed by atoms with E-state index in [1.807, 2.05) is 6.92 Å². The average molecular weight is 490 g/mol. The molecule has 0 saturated carbocycles. The molecule has 3 fully saturated rings. The van der Waals surface area contributed by atoms with E-state index in [2.05, 4.69) is 24.5 Å². The summed E-state index contributed by atoms with van der Waals surface area (Å²) in [6.07, 6.45) is 2.60. The summed E-state index contributed by atoms with van der Waals surface area (Å²) < 4.78 is 4.81. The van der Waals surface area contributed by atoms with Crippen LogP contribution in [0.25, 0.3) is 0 Å². The lowest BCUT2D eigenvalue weighted by atomic mass is 9.66. The number of nitrogens with one attached hydrogen (secondary N) is 2. The molecule has 0 aromatic heterocycles. The number of unbranched alkanes of at least 4 members (excludes halogenated alkanes) is 1. The zero-order valence-electron chi connectivity index (χ0n) is 20.1. The first-order chi connectivity index (χ1) is 16.4. The summed E-state index contributed by atoms with van der Waals surface area (Å²) in [6.45, 7) is 7.04. The van der Waals surface area contributed by atoms with Crippen molar-refractivity contribution in [2.45, 2.75) is 56.1 Å². The van der Waals surface area contributed by atoms with Gasteiger partial charge in [0, 0.05) is 24.0 Å². The second-order valence-electron chi connectivity index (χ2n) is 9.40. The fourth-order valence-corrected chi connectivity index (χ4v) is 8.40. The fourth-order valence-electron chi connectivity index (χ4n) is 5.98. The monoisotopic (exact) mass is 489 g/mol. The Balaban J connectivity index is 1.60. The summed E-state index contributed by atoms with van der Waals surface area (Å²) >= 11 is 1.64. The zero-order valence-corrected chi connectivity index (χ0v) is 20.9. The predicted molar refractivity (Wildman–Crippen MR) is 132 cm³/mol. The molecule has 3 aliphatic heterocycles. The van der Waals surface area contributed by atoms with Crippen molar-refractivity contribution in [3.05, 3.63) is 24.3 Å². The van der Waals surface area contributed by atoms with E-state index in [0.29, 0.717) is 18.8 Å². The molecule has 8 nitrogen and oxygen atoms in total. The van der Waals surface area contributed by atoms with Gasteiger partial charge in [0.15, 0.2) is 0 Å². The van der Waals surface area contributed by atoms with Gasteiger partial charge in [0.05, 0.1) is 29.8 Å². The number of fused-ring (bicyclic) bond motifs is 1. The van der Waals surface area contributed by atoms with Crippen LogP contribution in [0.15, 0.2) is 24.3 Å².